The highest BCUT2D eigenvalue weighted by molar-refractivity contribution is 7.19. The van der Waals surface area contributed by atoms with Crippen LogP contribution in [0.25, 0.3) is 10.6 Å². The Morgan fingerprint density at radius 3 is 2.87 bits per heavy atom. The fourth-order valence-electron chi connectivity index (χ4n) is 2.16. The van der Waals surface area contributed by atoms with Crippen LogP contribution in [0.3, 0.4) is 0 Å². The lowest BCUT2D eigenvalue weighted by molar-refractivity contribution is -0.117. The van der Waals surface area contributed by atoms with Crippen molar-refractivity contribution in [3.63, 3.8) is 0 Å². The molecule has 3 heterocycles. The molecule has 7 heteroatoms. The molecule has 0 radical (unpaired) electrons. The van der Waals surface area contributed by atoms with Crippen molar-refractivity contribution in [3.05, 3.63) is 52.1 Å². The number of anilines is 1. The Balaban J connectivity index is 1.86. The third-order valence-corrected chi connectivity index (χ3v) is 5.63. The molecule has 4 nitrogen and oxygen atoms in total. The highest BCUT2D eigenvalue weighted by atomic mass is 35.5. The van der Waals surface area contributed by atoms with Gasteiger partial charge in [-0.2, -0.15) is 0 Å². The summed E-state index contributed by atoms with van der Waals surface area (Å²) in [6.45, 7) is 2.49. The number of halogens is 1. The number of carbonyl (C=O) groups excluding carboxylic acids is 1. The topological polar surface area (TPSA) is 46.1 Å². The van der Waals surface area contributed by atoms with E-state index in [4.69, 9.17) is 11.6 Å². The summed E-state index contributed by atoms with van der Waals surface area (Å²) in [6.07, 6.45) is 3.83. The molecule has 0 spiro atoms. The van der Waals surface area contributed by atoms with Gasteiger partial charge in [0.05, 0.1) is 6.42 Å². The molecule has 0 saturated carbocycles. The van der Waals surface area contributed by atoms with Crippen LogP contribution in [-0.4, -0.2) is 22.4 Å². The minimum absolute atomic E-state index is 0.0261. The highest BCUT2D eigenvalue weighted by Gasteiger charge is 2.22. The van der Waals surface area contributed by atoms with E-state index in [1.807, 2.05) is 36.6 Å². The largest absolute Gasteiger partial charge is 0.301 e. The quantitative estimate of drug-likeness (QED) is 0.669. The molecule has 0 unspecified atom stereocenters. The Kier molecular flexibility index (Phi) is 5.05. The Hall–Kier alpha value is -1.76. The lowest BCUT2D eigenvalue weighted by Crippen LogP contribution is -2.31. The maximum Gasteiger partial charge on any atom is 0.232 e. The summed E-state index contributed by atoms with van der Waals surface area (Å²) < 4.78 is 0. The van der Waals surface area contributed by atoms with Crippen molar-refractivity contribution < 1.29 is 4.79 Å². The fraction of sp³-hybridized carbons (Fsp3) is 0.188. The molecule has 0 aliphatic rings. The number of rotatable bonds is 5. The molecule has 0 bridgehead atoms. The molecular formula is C16H14ClN3OS2. The van der Waals surface area contributed by atoms with Gasteiger partial charge in [0.2, 0.25) is 5.91 Å². The second kappa shape index (κ2) is 7.21. The monoisotopic (exact) mass is 363 g/mol. The molecule has 3 aromatic rings. The van der Waals surface area contributed by atoms with Gasteiger partial charge in [0.1, 0.15) is 10.0 Å². The Morgan fingerprint density at radius 1 is 1.35 bits per heavy atom. The van der Waals surface area contributed by atoms with E-state index in [1.54, 1.807) is 28.6 Å². The van der Waals surface area contributed by atoms with E-state index in [0.29, 0.717) is 23.1 Å². The van der Waals surface area contributed by atoms with Crippen LogP contribution < -0.4 is 4.90 Å². The normalized spacial score (nSPS) is 10.7. The molecule has 118 valence electrons. The van der Waals surface area contributed by atoms with Crippen molar-refractivity contribution in [2.45, 2.75) is 13.3 Å². The number of hydrogen-bond donors (Lipinski definition) is 0. The molecular weight excluding hydrogens is 350 g/mol. The lowest BCUT2D eigenvalue weighted by atomic mass is 10.3. The fourth-order valence-corrected chi connectivity index (χ4v) is 4.24. The molecule has 0 aliphatic carbocycles. The second-order valence-electron chi connectivity index (χ2n) is 4.75. The predicted molar refractivity (Wildman–Crippen MR) is 96.4 cm³/mol. The SMILES string of the molecule is CCN(C(=O)Cc1cccs1)c1sc(-c2cccnc2)nc1Cl. The van der Waals surface area contributed by atoms with Crippen LogP contribution in [0.5, 0.6) is 0 Å². The number of carbonyl (C=O) groups is 1. The maximum absolute atomic E-state index is 12.6. The smallest absolute Gasteiger partial charge is 0.232 e. The predicted octanol–water partition coefficient (Wildman–Crippen LogP) is 4.52. The molecule has 0 fully saturated rings. The molecule has 3 rings (SSSR count). The van der Waals surface area contributed by atoms with Crippen molar-refractivity contribution in [1.29, 1.82) is 0 Å². The third-order valence-electron chi connectivity index (χ3n) is 3.25. The van der Waals surface area contributed by atoms with Gasteiger partial charge in [-0.25, -0.2) is 4.98 Å². The van der Waals surface area contributed by atoms with Gasteiger partial charge in [0, 0.05) is 29.4 Å². The molecule has 23 heavy (non-hydrogen) atoms. The second-order valence-corrected chi connectivity index (χ2v) is 7.12. The van der Waals surface area contributed by atoms with Crippen LogP contribution >= 0.6 is 34.3 Å². The number of aromatic nitrogens is 2. The van der Waals surface area contributed by atoms with Crippen molar-refractivity contribution in [3.8, 4) is 10.6 Å². The Labute approximate surface area is 147 Å². The van der Waals surface area contributed by atoms with Crippen molar-refractivity contribution in [2.75, 3.05) is 11.4 Å². The van der Waals surface area contributed by atoms with Gasteiger partial charge in [0.25, 0.3) is 0 Å². The average molecular weight is 364 g/mol. The molecule has 3 aromatic heterocycles. The maximum atomic E-state index is 12.6. The van der Waals surface area contributed by atoms with Gasteiger partial charge in [-0.3, -0.25) is 9.78 Å². The average Bonchev–Trinajstić information content (AvgIpc) is 3.19. The number of pyridine rings is 1. The minimum atomic E-state index is 0.0261. The van der Waals surface area contributed by atoms with Crippen LogP contribution in [0, 0.1) is 0 Å². The third kappa shape index (κ3) is 3.60. The minimum Gasteiger partial charge on any atom is -0.301 e. The van der Waals surface area contributed by atoms with Crippen LogP contribution in [0.4, 0.5) is 5.00 Å². The van der Waals surface area contributed by atoms with Gasteiger partial charge in [0.15, 0.2) is 5.15 Å². The van der Waals surface area contributed by atoms with Crippen molar-refractivity contribution in [2.24, 2.45) is 0 Å². The van der Waals surface area contributed by atoms with E-state index < -0.39 is 0 Å². The number of likely N-dealkylation sites (N-methyl/N-ethyl adjacent to an activating group) is 1. The first-order chi connectivity index (χ1) is 11.2. The molecule has 1 amide bonds. The van der Waals surface area contributed by atoms with E-state index in [9.17, 15) is 4.79 Å². The van der Waals surface area contributed by atoms with E-state index >= 15 is 0 Å². The van der Waals surface area contributed by atoms with Gasteiger partial charge in [-0.1, -0.05) is 29.0 Å². The Morgan fingerprint density at radius 2 is 2.22 bits per heavy atom. The van der Waals surface area contributed by atoms with E-state index in [2.05, 4.69) is 9.97 Å². The molecule has 0 N–H and O–H groups in total. The lowest BCUT2D eigenvalue weighted by Gasteiger charge is -2.18. The van der Waals surface area contributed by atoms with Gasteiger partial charge >= 0.3 is 0 Å². The molecule has 0 aliphatic heterocycles. The number of amides is 1. The van der Waals surface area contributed by atoms with Crippen LogP contribution in [-0.2, 0) is 11.2 Å². The van der Waals surface area contributed by atoms with Crippen molar-refractivity contribution in [1.82, 2.24) is 9.97 Å². The van der Waals surface area contributed by atoms with Crippen LogP contribution in [0.2, 0.25) is 5.15 Å². The molecule has 0 saturated heterocycles. The number of hydrogen-bond acceptors (Lipinski definition) is 5. The van der Waals surface area contributed by atoms with E-state index in [0.717, 1.165) is 15.4 Å². The number of nitrogens with zero attached hydrogens (tertiary/aromatic N) is 3. The summed E-state index contributed by atoms with van der Waals surface area (Å²) in [6, 6.07) is 7.69. The summed E-state index contributed by atoms with van der Waals surface area (Å²) in [7, 11) is 0. The van der Waals surface area contributed by atoms with Gasteiger partial charge in [-0.05, 0) is 30.5 Å². The summed E-state index contributed by atoms with van der Waals surface area (Å²) in [5.74, 6) is 0.0261. The van der Waals surface area contributed by atoms with Gasteiger partial charge < -0.3 is 4.90 Å². The number of thiophene rings is 1. The van der Waals surface area contributed by atoms with Crippen molar-refractivity contribution >= 4 is 45.2 Å². The summed E-state index contributed by atoms with van der Waals surface area (Å²) in [5, 5.41) is 3.78. The first-order valence-corrected chi connectivity index (χ1v) is 9.16. The Bertz CT molecular complexity index is 787. The standard InChI is InChI=1S/C16H14ClN3OS2/c1-2-20(13(21)9-12-6-4-8-22-12)16-14(17)19-15(23-16)11-5-3-7-18-10-11/h3-8,10H,2,9H2,1H3. The van der Waals surface area contributed by atoms with Gasteiger partial charge in [-0.15, -0.1) is 11.3 Å². The van der Waals surface area contributed by atoms with Crippen LogP contribution in [0.1, 0.15) is 11.8 Å². The summed E-state index contributed by atoms with van der Waals surface area (Å²) >= 11 is 9.27. The zero-order chi connectivity index (χ0) is 16.2. The molecule has 0 atom stereocenters. The first kappa shape index (κ1) is 16.1. The molecule has 0 aromatic carbocycles. The number of thiazole rings is 1. The first-order valence-electron chi connectivity index (χ1n) is 7.08. The zero-order valence-electron chi connectivity index (χ0n) is 12.4. The van der Waals surface area contributed by atoms with E-state index in [-0.39, 0.29) is 5.91 Å². The van der Waals surface area contributed by atoms with E-state index in [1.165, 1.54) is 11.3 Å². The summed E-state index contributed by atoms with van der Waals surface area (Å²) in [5.41, 5.74) is 0.896. The summed E-state index contributed by atoms with van der Waals surface area (Å²) in [4.78, 5) is 23.8. The highest BCUT2D eigenvalue weighted by Crippen LogP contribution is 2.37. The zero-order valence-corrected chi connectivity index (χ0v) is 14.8. The van der Waals surface area contributed by atoms with Crippen LogP contribution in [0.15, 0.2) is 42.0 Å².